The fourth-order valence-corrected chi connectivity index (χ4v) is 23.4. The van der Waals surface area contributed by atoms with Gasteiger partial charge in [-0.3, -0.25) is 9.13 Å². The smallest absolute Gasteiger partial charge is 0.145 e. The highest BCUT2D eigenvalue weighted by Gasteiger charge is 2.26. The molecule has 6 nitrogen and oxygen atoms in total. The van der Waals surface area contributed by atoms with Crippen molar-refractivity contribution in [3.63, 3.8) is 0 Å². The summed E-state index contributed by atoms with van der Waals surface area (Å²) in [6.45, 7) is 0. The average Bonchev–Trinajstić information content (AvgIpc) is 0.909. The lowest BCUT2D eigenvalue weighted by Gasteiger charge is -2.18. The first kappa shape index (κ1) is 80.4. The number of pyridine rings is 2. The molecule has 0 spiro atoms. The van der Waals surface area contributed by atoms with E-state index in [1.165, 1.54) is 129 Å². The van der Waals surface area contributed by atoms with Crippen LogP contribution in [0, 0.1) is 0 Å². The molecule has 0 fully saturated rings. The van der Waals surface area contributed by atoms with E-state index < -0.39 is 0 Å². The van der Waals surface area contributed by atoms with Crippen LogP contribution in [0.1, 0.15) is 0 Å². The summed E-state index contributed by atoms with van der Waals surface area (Å²) in [5.74, 6) is 1.84. The lowest BCUT2D eigenvalue weighted by molar-refractivity contribution is 1.10. The molecule has 0 atom stereocenters. The molecule has 26 aromatic carbocycles. The summed E-state index contributed by atoms with van der Waals surface area (Å²) in [4.78, 5) is 21.9. The molecule has 30 rings (SSSR count). The van der Waals surface area contributed by atoms with E-state index >= 15 is 0 Å². The topological polar surface area (TPSA) is 61.4 Å². The Balaban J connectivity index is 0.000000136. The summed E-state index contributed by atoms with van der Waals surface area (Å²) in [5.41, 5.74) is 23.5. The van der Waals surface area contributed by atoms with Crippen LogP contribution in [-0.4, -0.2) is 29.1 Å². The number of rotatable bonds is 10. The number of benzene rings is 26. The molecule has 0 aliphatic heterocycles. The van der Waals surface area contributed by atoms with Crippen LogP contribution >= 0.6 is 0 Å². The Morgan fingerprint density at radius 2 is 0.373 bits per heavy atom. The Labute approximate surface area is 816 Å². The molecule has 0 aliphatic carbocycles. The molecule has 0 radical (unpaired) electrons. The van der Waals surface area contributed by atoms with Gasteiger partial charge in [-0.2, -0.15) is 0 Å². The fraction of sp³-hybridized carbons (Fsp3) is 0. The van der Waals surface area contributed by atoms with E-state index in [2.05, 4.69) is 507 Å². The molecule has 0 saturated carbocycles. The van der Waals surface area contributed by atoms with Crippen LogP contribution in [-0.2, 0) is 0 Å². The predicted molar refractivity (Wildman–Crippen MR) is 601 cm³/mol. The van der Waals surface area contributed by atoms with Gasteiger partial charge in [0.1, 0.15) is 11.6 Å². The number of hydrogen-bond acceptors (Lipinski definition) is 4. The highest BCUT2D eigenvalue weighted by molar-refractivity contribution is 6.31. The van der Waals surface area contributed by atoms with Gasteiger partial charge in [0.25, 0.3) is 0 Å². The molecule has 6 heteroatoms. The first-order valence-corrected chi connectivity index (χ1v) is 48.8. The SMILES string of the molecule is c1ccc(-c2nc3cc(-c4cc5c(-c6ccc7c8ccccc8c8ccccc8c7c6)cc(-c6ccc7c8ccccc8c8ccccc8c7c6)nc5c5ccccc45)ccc3n2-c2ccccc2)cc1.c1ccc(-c2nc3ccccc3n2-c2ccc(-c3cc4c(-c5ccc6c7ccccc7c7ccccc7c6c5)cc(-c5ccc6c7ccccc7c7ccccc7c6c5)nc4c4ccccc34)cc2)cc1. The molecule has 0 bridgehead atoms. The quantitative estimate of drug-likeness (QED) is 0.128. The van der Waals surface area contributed by atoms with Crippen molar-refractivity contribution in [2.75, 3.05) is 0 Å². The van der Waals surface area contributed by atoms with Crippen LogP contribution in [0.15, 0.2) is 497 Å². The summed E-state index contributed by atoms with van der Waals surface area (Å²) in [6.07, 6.45) is 0. The van der Waals surface area contributed by atoms with Gasteiger partial charge in [-0.1, -0.05) is 400 Å². The van der Waals surface area contributed by atoms with Crippen LogP contribution in [0.25, 0.3) is 296 Å². The van der Waals surface area contributed by atoms with E-state index in [-0.39, 0.29) is 0 Å². The molecule has 0 N–H and O–H groups in total. The monoisotopic (exact) mass is 1800 g/mol. The van der Waals surface area contributed by atoms with Gasteiger partial charge < -0.3 is 0 Å². The minimum atomic E-state index is 0.915. The first-order valence-electron chi connectivity index (χ1n) is 48.8. The van der Waals surface area contributed by atoms with Crippen molar-refractivity contribution in [3.05, 3.63) is 497 Å². The molecule has 0 unspecified atom stereocenters. The lowest BCUT2D eigenvalue weighted by atomic mass is 9.88. The number of imidazole rings is 2. The largest absolute Gasteiger partial charge is 0.292 e. The van der Waals surface area contributed by atoms with Crippen LogP contribution in [0.5, 0.6) is 0 Å². The number of fused-ring (bicyclic) bond motifs is 32. The third-order valence-corrected chi connectivity index (χ3v) is 29.9. The second kappa shape index (κ2) is 32.4. The van der Waals surface area contributed by atoms with Gasteiger partial charge in [-0.25, -0.2) is 19.9 Å². The maximum Gasteiger partial charge on any atom is 0.145 e. The van der Waals surface area contributed by atoms with Gasteiger partial charge in [0, 0.05) is 55.2 Å². The second-order valence-electron chi connectivity index (χ2n) is 37.6. The van der Waals surface area contributed by atoms with Crippen LogP contribution in [0.4, 0.5) is 0 Å². The van der Waals surface area contributed by atoms with E-state index in [4.69, 9.17) is 19.9 Å². The molecule has 142 heavy (non-hydrogen) atoms. The highest BCUT2D eigenvalue weighted by atomic mass is 15.1. The summed E-state index contributed by atoms with van der Waals surface area (Å²) in [7, 11) is 0. The summed E-state index contributed by atoms with van der Waals surface area (Å²) in [6, 6.07) is 181. The van der Waals surface area contributed by atoms with Crippen molar-refractivity contribution in [3.8, 4) is 101 Å². The van der Waals surface area contributed by atoms with Gasteiger partial charge in [0.05, 0.1) is 44.5 Å². The van der Waals surface area contributed by atoms with Crippen LogP contribution in [0.2, 0.25) is 0 Å². The van der Waals surface area contributed by atoms with E-state index in [9.17, 15) is 0 Å². The summed E-state index contributed by atoms with van der Waals surface area (Å²) >= 11 is 0. The Morgan fingerprint density at radius 3 is 0.746 bits per heavy atom. The standard InChI is InChI=1S/2C68H41N3/c1-3-17-42(18-4-1)68-70-65-39-44(33-36-66(65)71(68)46-19-5-2-6-20-46)59-40-63-60(43-31-34-56-51-25-9-7-21-47(51)49-23-11-13-27-53(49)61(56)37-43)41-64(69-67(63)58-30-16-15-29-55(58)59)45-32-35-57-52-26-10-8-22-48(52)50-24-12-14-28-54(50)62(57)38-45;1-2-16-43(17-3-1)68-70-64-28-14-15-29-66(64)71(68)46-34-30-42(31-35-46)59-40-63-60(44-32-36-56-51-22-6-4-18-47(51)49-20-8-10-24-53(49)61(56)38-44)41-65(69-67(63)58-27-13-12-26-55(58)59)45-33-37-57-52-23-7-5-19-48(52)50-21-9-11-25-54(50)62(57)39-45/h2*1-41H. The third-order valence-electron chi connectivity index (χ3n) is 29.9. The molecule has 0 aliphatic rings. The van der Waals surface area contributed by atoms with Crippen molar-refractivity contribution in [1.29, 1.82) is 0 Å². The van der Waals surface area contributed by atoms with Gasteiger partial charge in [-0.15, -0.1) is 0 Å². The Bertz CT molecular complexity index is 10400. The summed E-state index contributed by atoms with van der Waals surface area (Å²) in [5, 5.41) is 36.9. The Hall–Kier alpha value is -18.9. The second-order valence-corrected chi connectivity index (χ2v) is 37.6. The molecule has 30 aromatic rings. The number of aromatic nitrogens is 6. The zero-order chi connectivity index (χ0) is 93.1. The highest BCUT2D eigenvalue weighted by Crippen LogP contribution is 2.50. The molecule has 4 aromatic heterocycles. The van der Waals surface area contributed by atoms with E-state index in [1.54, 1.807) is 0 Å². The number of nitrogens with zero attached hydrogens (tertiary/aromatic N) is 6. The minimum Gasteiger partial charge on any atom is -0.292 e. The lowest BCUT2D eigenvalue weighted by Crippen LogP contribution is -1.98. The van der Waals surface area contributed by atoms with Crippen molar-refractivity contribution in [2.24, 2.45) is 0 Å². The van der Waals surface area contributed by atoms with Gasteiger partial charge in [0.15, 0.2) is 0 Å². The molecule has 4 heterocycles. The summed E-state index contributed by atoms with van der Waals surface area (Å²) < 4.78 is 4.56. The van der Waals surface area contributed by atoms with E-state index in [1.807, 2.05) is 0 Å². The Kier molecular flexibility index (Phi) is 18.3. The fourth-order valence-electron chi connectivity index (χ4n) is 23.4. The minimum absolute atomic E-state index is 0.915. The van der Waals surface area contributed by atoms with Crippen molar-refractivity contribution >= 4 is 195 Å². The average molecular weight is 1800 g/mol. The maximum absolute atomic E-state index is 5.71. The third kappa shape index (κ3) is 12.8. The van der Waals surface area contributed by atoms with Gasteiger partial charge in [0.2, 0.25) is 0 Å². The van der Waals surface area contributed by atoms with Gasteiger partial charge in [-0.05, 0) is 282 Å². The normalized spacial score (nSPS) is 11.9. The predicted octanol–water partition coefficient (Wildman–Crippen LogP) is 36.6. The van der Waals surface area contributed by atoms with Crippen molar-refractivity contribution in [1.82, 2.24) is 29.1 Å². The Morgan fingerprint density at radius 1 is 0.127 bits per heavy atom. The molecular weight excluding hydrogens is 1720 g/mol. The zero-order valence-corrected chi connectivity index (χ0v) is 77.0. The number of para-hydroxylation sites is 3. The van der Waals surface area contributed by atoms with Gasteiger partial charge >= 0.3 is 0 Å². The van der Waals surface area contributed by atoms with Crippen molar-refractivity contribution in [2.45, 2.75) is 0 Å². The maximum atomic E-state index is 5.71. The van der Waals surface area contributed by atoms with E-state index in [0.29, 0.717) is 0 Å². The molecule has 656 valence electrons. The molecule has 0 saturated heterocycles. The molecular formula is C136H82N6. The molecule has 0 amide bonds. The number of hydrogen-bond donors (Lipinski definition) is 0. The van der Waals surface area contributed by atoms with Crippen LogP contribution < -0.4 is 0 Å². The first-order chi connectivity index (χ1) is 70.4. The van der Waals surface area contributed by atoms with Crippen molar-refractivity contribution < 1.29 is 0 Å². The zero-order valence-electron chi connectivity index (χ0n) is 77.0. The van der Waals surface area contributed by atoms with E-state index in [0.717, 1.165) is 167 Å². The van der Waals surface area contributed by atoms with Crippen LogP contribution in [0.3, 0.4) is 0 Å².